The van der Waals surface area contributed by atoms with Crippen LogP contribution in [0.5, 0.6) is 0 Å². The summed E-state index contributed by atoms with van der Waals surface area (Å²) in [5.41, 5.74) is 4.52. The molecule has 0 fully saturated rings. The SMILES string of the molecule is CO[C@H](C)[C@H](NC(=O)OCC1c2ccccc2-c2ccccc21)C(=O)NCCCCCCC(=O)O. The minimum absolute atomic E-state index is 0.0681. The van der Waals surface area contributed by atoms with E-state index in [0.29, 0.717) is 13.0 Å². The summed E-state index contributed by atoms with van der Waals surface area (Å²) in [6, 6.07) is 15.3. The fourth-order valence-electron chi connectivity index (χ4n) is 4.38. The highest BCUT2D eigenvalue weighted by Gasteiger charge is 2.31. The second-order valence-electron chi connectivity index (χ2n) is 8.74. The molecule has 0 saturated heterocycles. The van der Waals surface area contributed by atoms with E-state index in [1.807, 2.05) is 36.4 Å². The number of carboxylic acid groups (broad SMARTS) is 1. The van der Waals surface area contributed by atoms with Gasteiger partial charge in [0.2, 0.25) is 5.91 Å². The normalized spacial score (nSPS) is 13.9. The number of hydrogen-bond acceptors (Lipinski definition) is 5. The van der Waals surface area contributed by atoms with Gasteiger partial charge in [0.25, 0.3) is 0 Å². The number of benzene rings is 2. The lowest BCUT2D eigenvalue weighted by molar-refractivity contribution is -0.137. The van der Waals surface area contributed by atoms with Crippen LogP contribution in [0.3, 0.4) is 0 Å². The summed E-state index contributed by atoms with van der Waals surface area (Å²) in [4.78, 5) is 35.9. The zero-order chi connectivity index (χ0) is 25.2. The Bertz CT molecular complexity index is 979. The van der Waals surface area contributed by atoms with Crippen molar-refractivity contribution in [3.8, 4) is 11.1 Å². The van der Waals surface area contributed by atoms with Crippen LogP contribution in [0.4, 0.5) is 4.79 Å². The first kappa shape index (κ1) is 26.2. The molecule has 0 aliphatic heterocycles. The van der Waals surface area contributed by atoms with Gasteiger partial charge >= 0.3 is 12.1 Å². The van der Waals surface area contributed by atoms with Crippen molar-refractivity contribution >= 4 is 18.0 Å². The number of carboxylic acids is 1. The second-order valence-corrected chi connectivity index (χ2v) is 8.74. The molecule has 0 saturated carbocycles. The van der Waals surface area contributed by atoms with Gasteiger partial charge in [-0.15, -0.1) is 0 Å². The number of aliphatic carboxylic acids is 1. The molecule has 188 valence electrons. The molecule has 8 heteroatoms. The van der Waals surface area contributed by atoms with Crippen molar-refractivity contribution in [2.75, 3.05) is 20.3 Å². The number of ether oxygens (including phenoxy) is 2. The molecular weight excluding hydrogens is 448 g/mol. The van der Waals surface area contributed by atoms with Crippen molar-refractivity contribution in [3.63, 3.8) is 0 Å². The summed E-state index contributed by atoms with van der Waals surface area (Å²) in [5.74, 6) is -1.21. The average Bonchev–Trinajstić information content (AvgIpc) is 3.18. The third kappa shape index (κ3) is 7.05. The Kier molecular flexibility index (Phi) is 9.66. The fourth-order valence-corrected chi connectivity index (χ4v) is 4.38. The topological polar surface area (TPSA) is 114 Å². The fraction of sp³-hybridized carbons (Fsp3) is 0.444. The van der Waals surface area contributed by atoms with E-state index < -0.39 is 24.2 Å². The molecule has 2 atom stereocenters. The van der Waals surface area contributed by atoms with Crippen LogP contribution in [0.2, 0.25) is 0 Å². The van der Waals surface area contributed by atoms with Crippen molar-refractivity contribution < 1.29 is 29.0 Å². The number of unbranched alkanes of at least 4 members (excludes halogenated alkanes) is 3. The highest BCUT2D eigenvalue weighted by Crippen LogP contribution is 2.44. The summed E-state index contributed by atoms with van der Waals surface area (Å²) in [7, 11) is 1.48. The summed E-state index contributed by atoms with van der Waals surface area (Å²) < 4.78 is 10.9. The van der Waals surface area contributed by atoms with E-state index >= 15 is 0 Å². The van der Waals surface area contributed by atoms with Gasteiger partial charge in [0.15, 0.2) is 0 Å². The second kappa shape index (κ2) is 12.9. The molecule has 0 spiro atoms. The molecule has 0 radical (unpaired) electrons. The van der Waals surface area contributed by atoms with Crippen LogP contribution < -0.4 is 10.6 Å². The van der Waals surface area contributed by atoms with Crippen molar-refractivity contribution in [3.05, 3.63) is 59.7 Å². The predicted molar refractivity (Wildman–Crippen MR) is 132 cm³/mol. The highest BCUT2D eigenvalue weighted by molar-refractivity contribution is 5.86. The number of nitrogens with one attached hydrogen (secondary N) is 2. The Morgan fingerprint density at radius 2 is 1.54 bits per heavy atom. The van der Waals surface area contributed by atoms with Gasteiger partial charge in [0, 0.05) is 26.0 Å². The molecule has 1 aliphatic carbocycles. The molecule has 35 heavy (non-hydrogen) atoms. The van der Waals surface area contributed by atoms with Crippen LogP contribution in [0.1, 0.15) is 56.1 Å². The molecule has 2 aromatic carbocycles. The van der Waals surface area contributed by atoms with E-state index in [2.05, 4.69) is 22.8 Å². The monoisotopic (exact) mass is 482 g/mol. The number of carbonyl (C=O) groups excluding carboxylic acids is 2. The van der Waals surface area contributed by atoms with Crippen LogP contribution in [0.15, 0.2) is 48.5 Å². The Morgan fingerprint density at radius 1 is 0.943 bits per heavy atom. The van der Waals surface area contributed by atoms with Crippen LogP contribution in [-0.4, -0.2) is 55.5 Å². The first-order valence-electron chi connectivity index (χ1n) is 12.1. The summed E-state index contributed by atoms with van der Waals surface area (Å²) in [6.45, 7) is 2.30. The maximum atomic E-state index is 12.7. The van der Waals surface area contributed by atoms with Gasteiger partial charge in [0.1, 0.15) is 12.6 Å². The van der Waals surface area contributed by atoms with Gasteiger partial charge in [0.05, 0.1) is 6.10 Å². The lowest BCUT2D eigenvalue weighted by Crippen LogP contribution is -2.53. The molecule has 0 heterocycles. The number of fused-ring (bicyclic) bond motifs is 3. The Morgan fingerprint density at radius 3 is 2.14 bits per heavy atom. The van der Waals surface area contributed by atoms with Crippen molar-refractivity contribution in [2.45, 2.75) is 57.1 Å². The predicted octanol–water partition coefficient (Wildman–Crippen LogP) is 4.08. The third-order valence-corrected chi connectivity index (χ3v) is 6.36. The van der Waals surface area contributed by atoms with Crippen LogP contribution in [-0.2, 0) is 19.1 Å². The minimum atomic E-state index is -0.900. The first-order chi connectivity index (χ1) is 16.9. The summed E-state index contributed by atoms with van der Waals surface area (Å²) >= 11 is 0. The Balaban J connectivity index is 1.51. The quantitative estimate of drug-likeness (QED) is 0.371. The van der Waals surface area contributed by atoms with E-state index in [1.54, 1.807) is 6.92 Å². The number of alkyl carbamates (subject to hydrolysis) is 1. The van der Waals surface area contributed by atoms with Gasteiger partial charge in [-0.1, -0.05) is 61.4 Å². The third-order valence-electron chi connectivity index (χ3n) is 6.36. The van der Waals surface area contributed by atoms with E-state index in [9.17, 15) is 14.4 Å². The smallest absolute Gasteiger partial charge is 0.407 e. The van der Waals surface area contributed by atoms with Gasteiger partial charge in [-0.3, -0.25) is 9.59 Å². The summed E-state index contributed by atoms with van der Waals surface area (Å²) in [6.07, 6.45) is 1.88. The molecule has 0 unspecified atom stereocenters. The molecule has 2 amide bonds. The van der Waals surface area contributed by atoms with Crippen molar-refractivity contribution in [1.82, 2.24) is 10.6 Å². The lowest BCUT2D eigenvalue weighted by atomic mass is 9.98. The van der Waals surface area contributed by atoms with Crippen molar-refractivity contribution in [1.29, 1.82) is 0 Å². The summed E-state index contributed by atoms with van der Waals surface area (Å²) in [5, 5.41) is 14.1. The van der Waals surface area contributed by atoms with Crippen LogP contribution in [0.25, 0.3) is 11.1 Å². The number of carbonyl (C=O) groups is 3. The minimum Gasteiger partial charge on any atom is -0.481 e. The number of amides is 2. The van der Waals surface area contributed by atoms with E-state index in [1.165, 1.54) is 7.11 Å². The molecule has 3 N–H and O–H groups in total. The number of rotatable bonds is 13. The molecular formula is C27H34N2O6. The van der Waals surface area contributed by atoms with Gasteiger partial charge < -0.3 is 25.2 Å². The van der Waals surface area contributed by atoms with E-state index in [-0.39, 0.29) is 24.9 Å². The number of hydrogen-bond donors (Lipinski definition) is 3. The maximum absolute atomic E-state index is 12.7. The van der Waals surface area contributed by atoms with Gasteiger partial charge in [-0.25, -0.2) is 4.79 Å². The molecule has 1 aliphatic rings. The Labute approximate surface area is 206 Å². The zero-order valence-electron chi connectivity index (χ0n) is 20.3. The molecule has 0 bridgehead atoms. The molecule has 0 aromatic heterocycles. The molecule has 3 rings (SSSR count). The lowest BCUT2D eigenvalue weighted by Gasteiger charge is -2.23. The van der Waals surface area contributed by atoms with Gasteiger partial charge in [-0.2, -0.15) is 0 Å². The number of methoxy groups -OCH3 is 1. The van der Waals surface area contributed by atoms with Gasteiger partial charge in [-0.05, 0) is 42.0 Å². The van der Waals surface area contributed by atoms with E-state index in [4.69, 9.17) is 14.6 Å². The first-order valence-corrected chi connectivity index (χ1v) is 12.1. The molecule has 8 nitrogen and oxygen atoms in total. The largest absolute Gasteiger partial charge is 0.481 e. The van der Waals surface area contributed by atoms with Crippen LogP contribution >= 0.6 is 0 Å². The zero-order valence-corrected chi connectivity index (χ0v) is 20.3. The van der Waals surface area contributed by atoms with Crippen molar-refractivity contribution in [2.24, 2.45) is 0 Å². The average molecular weight is 483 g/mol. The standard InChI is InChI=1S/C27H34N2O6/c1-18(34-2)25(26(32)28-16-10-4-3-5-15-24(30)31)29-27(33)35-17-23-21-13-8-6-11-19(21)20-12-7-9-14-22(20)23/h6-9,11-14,18,23,25H,3-5,10,15-17H2,1-2H3,(H,28,32)(H,29,33)(H,30,31)/t18-,25+/m1/s1. The highest BCUT2D eigenvalue weighted by atomic mass is 16.5. The Hall–Kier alpha value is -3.39. The van der Waals surface area contributed by atoms with E-state index in [0.717, 1.165) is 41.5 Å². The van der Waals surface area contributed by atoms with Crippen LogP contribution in [0, 0.1) is 0 Å². The maximum Gasteiger partial charge on any atom is 0.407 e. The molecule has 2 aromatic rings.